The van der Waals surface area contributed by atoms with Crippen LogP contribution >= 0.6 is 23.3 Å². The Morgan fingerprint density at radius 1 is 1.18 bits per heavy atom. The molecule has 28 heavy (non-hydrogen) atoms. The largest absolute Gasteiger partial charge is 0.318 e. The Balaban J connectivity index is 1.52. The second kappa shape index (κ2) is 8.07. The Labute approximate surface area is 169 Å². The van der Waals surface area contributed by atoms with Crippen LogP contribution < -0.4 is 5.32 Å². The number of benzene rings is 2. The zero-order valence-electron chi connectivity index (χ0n) is 14.9. The monoisotopic (exact) mass is 413 g/mol. The van der Waals surface area contributed by atoms with Crippen molar-refractivity contribution in [2.45, 2.75) is 12.3 Å². The third kappa shape index (κ3) is 3.90. The molecule has 0 aliphatic rings. The van der Waals surface area contributed by atoms with Crippen molar-refractivity contribution in [2.24, 2.45) is 0 Å². The quantitative estimate of drug-likeness (QED) is 0.513. The van der Waals surface area contributed by atoms with Crippen LogP contribution in [0.4, 0.5) is 9.52 Å². The summed E-state index contributed by atoms with van der Waals surface area (Å²) in [6.07, 6.45) is 2.00. The molecule has 0 radical (unpaired) electrons. The molecule has 2 heterocycles. The molecule has 1 N–H and O–H groups in total. The van der Waals surface area contributed by atoms with Crippen molar-refractivity contribution < 1.29 is 9.18 Å². The van der Waals surface area contributed by atoms with Crippen LogP contribution in [0.3, 0.4) is 0 Å². The third-order valence-corrected chi connectivity index (χ3v) is 5.26. The average Bonchev–Trinajstić information content (AvgIpc) is 3.28. The summed E-state index contributed by atoms with van der Waals surface area (Å²) < 4.78 is 19.2. The minimum atomic E-state index is -0.318. The first kappa shape index (κ1) is 18.6. The zero-order valence-corrected chi connectivity index (χ0v) is 16.6. The number of amides is 1. The molecule has 0 spiro atoms. The van der Waals surface area contributed by atoms with E-state index in [9.17, 15) is 9.18 Å². The van der Waals surface area contributed by atoms with E-state index in [2.05, 4.69) is 19.7 Å². The third-order valence-electron chi connectivity index (χ3n) is 4.08. The predicted molar refractivity (Wildman–Crippen MR) is 111 cm³/mol. The van der Waals surface area contributed by atoms with E-state index in [0.29, 0.717) is 16.5 Å². The number of thioether (sulfide) groups is 1. The van der Waals surface area contributed by atoms with Gasteiger partial charge in [-0.15, -0.1) is 0 Å². The first-order chi connectivity index (χ1) is 13.6. The van der Waals surface area contributed by atoms with Gasteiger partial charge in [0.15, 0.2) is 5.82 Å². The Hall–Kier alpha value is -2.78. The number of nitrogens with one attached hydrogen (secondary N) is 1. The van der Waals surface area contributed by atoms with Crippen molar-refractivity contribution in [2.75, 3.05) is 11.6 Å². The van der Waals surface area contributed by atoms with E-state index in [-0.39, 0.29) is 18.3 Å². The van der Waals surface area contributed by atoms with Crippen LogP contribution in [0.15, 0.2) is 48.5 Å². The maximum absolute atomic E-state index is 13.1. The highest BCUT2D eigenvalue weighted by atomic mass is 32.2. The topological polar surface area (TPSA) is 72.7 Å². The molecule has 0 saturated carbocycles. The number of carbonyl (C=O) groups excluding carboxylic acids is 1. The van der Waals surface area contributed by atoms with E-state index in [1.54, 1.807) is 23.9 Å². The minimum absolute atomic E-state index is 0.141. The van der Waals surface area contributed by atoms with Gasteiger partial charge in [-0.25, -0.2) is 9.37 Å². The lowest BCUT2D eigenvalue weighted by Gasteiger charge is -2.08. The SMILES string of the molecule is CSCc1nc2ccccc2n1CC(=O)Nc1nc(-c2ccc(F)cc2)ns1. The second-order valence-electron chi connectivity index (χ2n) is 6.01. The van der Waals surface area contributed by atoms with Crippen LogP contribution in [0, 0.1) is 5.82 Å². The smallest absolute Gasteiger partial charge is 0.246 e. The Kier molecular flexibility index (Phi) is 5.36. The van der Waals surface area contributed by atoms with Gasteiger partial charge in [0, 0.05) is 17.1 Å². The van der Waals surface area contributed by atoms with E-state index >= 15 is 0 Å². The maximum Gasteiger partial charge on any atom is 0.246 e. The van der Waals surface area contributed by atoms with Crippen molar-refractivity contribution in [3.05, 3.63) is 60.2 Å². The number of para-hydroxylation sites is 2. The highest BCUT2D eigenvalue weighted by Crippen LogP contribution is 2.22. The summed E-state index contributed by atoms with van der Waals surface area (Å²) in [5.41, 5.74) is 2.49. The fourth-order valence-electron chi connectivity index (χ4n) is 2.83. The maximum atomic E-state index is 13.1. The molecule has 0 atom stereocenters. The van der Waals surface area contributed by atoms with Gasteiger partial charge in [0.1, 0.15) is 18.2 Å². The summed E-state index contributed by atoms with van der Waals surface area (Å²) >= 11 is 2.75. The number of hydrogen-bond donors (Lipinski definition) is 1. The Morgan fingerprint density at radius 3 is 2.75 bits per heavy atom. The van der Waals surface area contributed by atoms with E-state index in [1.807, 2.05) is 35.1 Å². The molecule has 0 aliphatic heterocycles. The van der Waals surface area contributed by atoms with Gasteiger partial charge in [-0.2, -0.15) is 21.1 Å². The zero-order chi connectivity index (χ0) is 19.5. The molecular formula is C19H16FN5OS2. The molecule has 6 nitrogen and oxygen atoms in total. The molecule has 0 bridgehead atoms. The van der Waals surface area contributed by atoms with Gasteiger partial charge in [-0.1, -0.05) is 12.1 Å². The van der Waals surface area contributed by atoms with Crippen molar-refractivity contribution >= 4 is 45.4 Å². The summed E-state index contributed by atoms with van der Waals surface area (Å²) in [7, 11) is 0. The van der Waals surface area contributed by atoms with Gasteiger partial charge in [0.2, 0.25) is 11.0 Å². The second-order valence-corrected chi connectivity index (χ2v) is 7.63. The molecule has 2 aromatic heterocycles. The standard InChI is InChI=1S/C19H16FN5OS2/c1-27-11-16-21-14-4-2-3-5-15(14)25(16)10-17(26)22-19-23-18(24-28-19)12-6-8-13(20)9-7-12/h2-9H,10-11H2,1H3,(H,22,23,24,26). The van der Waals surface area contributed by atoms with Crippen molar-refractivity contribution in [3.63, 3.8) is 0 Å². The highest BCUT2D eigenvalue weighted by Gasteiger charge is 2.15. The number of anilines is 1. The van der Waals surface area contributed by atoms with Crippen molar-refractivity contribution in [1.29, 1.82) is 0 Å². The molecule has 0 fully saturated rings. The Morgan fingerprint density at radius 2 is 1.96 bits per heavy atom. The number of nitrogens with zero attached hydrogens (tertiary/aromatic N) is 4. The normalized spacial score (nSPS) is 11.1. The van der Waals surface area contributed by atoms with Gasteiger partial charge < -0.3 is 4.57 Å². The first-order valence-corrected chi connectivity index (χ1v) is 10.6. The first-order valence-electron chi connectivity index (χ1n) is 8.46. The number of fused-ring (bicyclic) bond motifs is 1. The molecular weight excluding hydrogens is 397 g/mol. The van der Waals surface area contributed by atoms with Crippen LogP contribution in [-0.2, 0) is 17.1 Å². The van der Waals surface area contributed by atoms with Crippen molar-refractivity contribution in [1.82, 2.24) is 18.9 Å². The molecule has 142 valence electrons. The van der Waals surface area contributed by atoms with Gasteiger partial charge >= 0.3 is 0 Å². The van der Waals surface area contributed by atoms with E-state index in [1.165, 1.54) is 12.1 Å². The van der Waals surface area contributed by atoms with Crippen LogP contribution in [0.1, 0.15) is 5.82 Å². The summed E-state index contributed by atoms with van der Waals surface area (Å²) in [6, 6.07) is 13.7. The summed E-state index contributed by atoms with van der Waals surface area (Å²) in [6.45, 7) is 0.141. The van der Waals surface area contributed by atoms with E-state index in [0.717, 1.165) is 34.1 Å². The van der Waals surface area contributed by atoms with Gasteiger partial charge in [0.25, 0.3) is 0 Å². The number of rotatable bonds is 6. The molecule has 2 aromatic carbocycles. The molecule has 1 amide bonds. The van der Waals surface area contributed by atoms with Gasteiger partial charge in [-0.3, -0.25) is 10.1 Å². The van der Waals surface area contributed by atoms with E-state index < -0.39 is 0 Å². The fraction of sp³-hybridized carbons (Fsp3) is 0.158. The molecule has 9 heteroatoms. The molecule has 0 saturated heterocycles. The summed E-state index contributed by atoms with van der Waals surface area (Å²) in [5.74, 6) is 1.51. The lowest BCUT2D eigenvalue weighted by atomic mass is 10.2. The fourth-order valence-corrected chi connectivity index (χ4v) is 3.92. The number of hydrogen-bond acceptors (Lipinski definition) is 6. The van der Waals surface area contributed by atoms with Gasteiger partial charge in [0.05, 0.1) is 16.8 Å². The molecule has 4 aromatic rings. The number of aromatic nitrogens is 4. The van der Waals surface area contributed by atoms with Gasteiger partial charge in [-0.05, 0) is 42.7 Å². The summed E-state index contributed by atoms with van der Waals surface area (Å²) in [5, 5.41) is 3.20. The van der Waals surface area contributed by atoms with Crippen LogP contribution in [0.25, 0.3) is 22.4 Å². The predicted octanol–water partition coefficient (Wildman–Crippen LogP) is 4.20. The number of halogens is 1. The average molecular weight is 414 g/mol. The van der Waals surface area contributed by atoms with Crippen LogP contribution in [-0.4, -0.2) is 31.1 Å². The van der Waals surface area contributed by atoms with E-state index in [4.69, 9.17) is 0 Å². The number of carbonyl (C=O) groups is 1. The minimum Gasteiger partial charge on any atom is -0.318 e. The number of imidazole rings is 1. The molecule has 0 unspecified atom stereocenters. The molecule has 4 rings (SSSR count). The van der Waals surface area contributed by atoms with Crippen LogP contribution in [0.5, 0.6) is 0 Å². The van der Waals surface area contributed by atoms with Crippen LogP contribution in [0.2, 0.25) is 0 Å². The molecule has 0 aliphatic carbocycles. The van der Waals surface area contributed by atoms with Crippen molar-refractivity contribution in [3.8, 4) is 11.4 Å². The highest BCUT2D eigenvalue weighted by molar-refractivity contribution is 7.97. The Bertz CT molecular complexity index is 1120. The summed E-state index contributed by atoms with van der Waals surface area (Å²) in [4.78, 5) is 21.5. The lowest BCUT2D eigenvalue weighted by Crippen LogP contribution is -2.20. The lowest BCUT2D eigenvalue weighted by molar-refractivity contribution is -0.116.